The summed E-state index contributed by atoms with van der Waals surface area (Å²) in [5, 5.41) is 0. The minimum absolute atomic E-state index is 0.214. The molecule has 0 amide bonds. The summed E-state index contributed by atoms with van der Waals surface area (Å²) in [6, 6.07) is 1.43. The van der Waals surface area contributed by atoms with Crippen LogP contribution in [0.4, 0.5) is 0 Å². The van der Waals surface area contributed by atoms with Crippen LogP contribution in [0.25, 0.3) is 0 Å². The molecule has 0 aromatic rings. The summed E-state index contributed by atoms with van der Waals surface area (Å²) in [7, 11) is 1.34. The number of ether oxygens (including phenoxy) is 1. The second kappa shape index (κ2) is 11.5. The van der Waals surface area contributed by atoms with Crippen LogP contribution < -0.4 is 0 Å². The highest BCUT2D eigenvalue weighted by molar-refractivity contribution is 6.08. The Morgan fingerprint density at radius 1 is 1.13 bits per heavy atom. The number of carbonyl (C=O) groups is 1. The second-order valence-electron chi connectivity index (χ2n) is 3.79. The van der Waals surface area contributed by atoms with E-state index in [1.807, 2.05) is 6.92 Å². The van der Waals surface area contributed by atoms with Crippen molar-refractivity contribution in [1.29, 1.82) is 0 Å². The van der Waals surface area contributed by atoms with E-state index < -0.39 is 0 Å². The zero-order valence-electron chi connectivity index (χ0n) is 10.1. The molecule has 2 nitrogen and oxygen atoms in total. The lowest BCUT2D eigenvalue weighted by molar-refractivity contribution is -0.137. The number of esters is 1. The summed E-state index contributed by atoms with van der Waals surface area (Å²) < 4.78 is 4.99. The zero-order valence-corrected chi connectivity index (χ0v) is 12.1. The van der Waals surface area contributed by atoms with E-state index >= 15 is 0 Å². The van der Waals surface area contributed by atoms with E-state index in [4.69, 9.17) is 4.74 Å². The molecule has 0 spiro atoms. The van der Waals surface area contributed by atoms with Crippen molar-refractivity contribution in [2.45, 2.75) is 51.5 Å². The van der Waals surface area contributed by atoms with Gasteiger partial charge in [-0.25, -0.2) is 4.79 Å². The highest BCUT2D eigenvalue weighted by Gasteiger charge is 1.95. The van der Waals surface area contributed by atoms with E-state index in [9.17, 15) is 4.79 Å². The maximum absolute atomic E-state index is 10.9. The molecule has 0 atom stereocenters. The summed E-state index contributed by atoms with van der Waals surface area (Å²) in [5.74, 6) is -0.214. The fourth-order valence-electron chi connectivity index (χ4n) is 1.42. The van der Waals surface area contributed by atoms with E-state index in [-0.39, 0.29) is 5.97 Å². The first-order valence-electron chi connectivity index (χ1n) is 6.10. The van der Waals surface area contributed by atoms with Crippen molar-refractivity contribution in [2.24, 2.45) is 0 Å². The molecule has 15 heavy (non-hydrogen) atoms. The molecule has 0 radical (unpaired) electrons. The number of carbonyl (C=O) groups excluding carboxylic acids is 1. The van der Waals surface area contributed by atoms with Crippen molar-refractivity contribution in [1.82, 2.24) is 0 Å². The fourth-order valence-corrected chi connectivity index (χ4v) is 1.92. The van der Waals surface area contributed by atoms with Crippen LogP contribution in [-0.2, 0) is 9.53 Å². The molecule has 0 saturated carbocycles. The first kappa shape index (κ1) is 14.4. The Labute approximate surface area is 96.5 Å². The predicted octanol–water partition coefficient (Wildman–Crippen LogP) is 2.23. The topological polar surface area (TPSA) is 26.3 Å². The Kier molecular flexibility index (Phi) is 11.1. The van der Waals surface area contributed by atoms with Gasteiger partial charge in [-0.1, -0.05) is 44.2 Å². The Morgan fingerprint density at radius 2 is 1.73 bits per heavy atom. The largest absolute Gasteiger partial charge is 0.463 e. The van der Waals surface area contributed by atoms with E-state index in [0.717, 1.165) is 6.42 Å². The summed E-state index contributed by atoms with van der Waals surface area (Å²) in [6.07, 6.45) is 10.8. The molecule has 0 fully saturated rings. The third-order valence-corrected chi connectivity index (χ3v) is 3.00. The van der Waals surface area contributed by atoms with Gasteiger partial charge in [-0.2, -0.15) is 0 Å². The van der Waals surface area contributed by atoms with Crippen molar-refractivity contribution >= 4 is 16.2 Å². The third-order valence-electron chi connectivity index (χ3n) is 2.29. The number of rotatable bonds is 9. The smallest absolute Gasteiger partial charge is 0.330 e. The van der Waals surface area contributed by atoms with Gasteiger partial charge in [0.25, 0.3) is 0 Å². The molecule has 0 saturated heterocycles. The summed E-state index contributed by atoms with van der Waals surface area (Å²) in [6.45, 7) is 2.39. The maximum atomic E-state index is 10.9. The van der Waals surface area contributed by atoms with Gasteiger partial charge in [0.1, 0.15) is 0 Å². The van der Waals surface area contributed by atoms with Gasteiger partial charge in [0.05, 0.1) is 6.61 Å². The molecule has 0 unspecified atom stereocenters. The maximum Gasteiger partial charge on any atom is 0.330 e. The molecule has 3 heteroatoms. The molecule has 0 aliphatic rings. The van der Waals surface area contributed by atoms with Crippen molar-refractivity contribution in [3.63, 3.8) is 0 Å². The first-order valence-corrected chi connectivity index (χ1v) is 7.52. The lowest BCUT2D eigenvalue weighted by Crippen LogP contribution is -2.01. The molecular formula is C12H24O2Si. The third kappa shape index (κ3) is 11.4. The van der Waals surface area contributed by atoms with E-state index in [1.165, 1.54) is 54.5 Å². The Hall–Kier alpha value is -0.573. The van der Waals surface area contributed by atoms with Gasteiger partial charge in [-0.05, 0) is 13.3 Å². The predicted molar refractivity (Wildman–Crippen MR) is 68.2 cm³/mol. The molecule has 0 aromatic heterocycles. The normalized spacial score (nSPS) is 11.0. The quantitative estimate of drug-likeness (QED) is 0.262. The lowest BCUT2D eigenvalue weighted by Gasteiger charge is -2.02. The van der Waals surface area contributed by atoms with Gasteiger partial charge < -0.3 is 4.74 Å². The number of allylic oxidation sites excluding steroid dienone is 1. The summed E-state index contributed by atoms with van der Waals surface area (Å²) >= 11 is 0. The van der Waals surface area contributed by atoms with Crippen molar-refractivity contribution in [3.05, 3.63) is 12.2 Å². The molecular weight excluding hydrogens is 204 g/mol. The van der Waals surface area contributed by atoms with Gasteiger partial charge in [-0.15, -0.1) is 0 Å². The van der Waals surface area contributed by atoms with Crippen LogP contribution in [0, 0.1) is 0 Å². The highest BCUT2D eigenvalue weighted by atomic mass is 28.1. The minimum atomic E-state index is -0.214. The summed E-state index contributed by atoms with van der Waals surface area (Å²) in [5.41, 5.74) is 0. The van der Waals surface area contributed by atoms with Crippen LogP contribution in [0.2, 0.25) is 6.04 Å². The molecule has 88 valence electrons. The molecule has 0 aromatic carbocycles. The molecule has 0 heterocycles. The van der Waals surface area contributed by atoms with Crippen molar-refractivity contribution in [3.8, 4) is 0 Å². The van der Waals surface area contributed by atoms with Gasteiger partial charge in [0.2, 0.25) is 0 Å². The average Bonchev–Trinajstić information content (AvgIpc) is 2.22. The molecule has 0 bridgehead atoms. The lowest BCUT2D eigenvalue weighted by atomic mass is 10.1. The monoisotopic (exact) mass is 228 g/mol. The van der Waals surface area contributed by atoms with Crippen LogP contribution >= 0.6 is 0 Å². The van der Waals surface area contributed by atoms with Crippen LogP contribution in [0.3, 0.4) is 0 Å². The van der Waals surface area contributed by atoms with Gasteiger partial charge in [0, 0.05) is 16.3 Å². The van der Waals surface area contributed by atoms with Gasteiger partial charge in [-0.3, -0.25) is 0 Å². The zero-order chi connectivity index (χ0) is 11.4. The van der Waals surface area contributed by atoms with Crippen LogP contribution in [0.15, 0.2) is 12.2 Å². The molecule has 0 aliphatic heterocycles. The fraction of sp³-hybridized carbons (Fsp3) is 0.750. The first-order chi connectivity index (χ1) is 7.31. The Morgan fingerprint density at radius 3 is 2.33 bits per heavy atom. The van der Waals surface area contributed by atoms with Gasteiger partial charge >= 0.3 is 5.97 Å². The molecule has 0 rings (SSSR count). The van der Waals surface area contributed by atoms with Crippen molar-refractivity contribution < 1.29 is 9.53 Å². The van der Waals surface area contributed by atoms with Crippen molar-refractivity contribution in [2.75, 3.05) is 6.61 Å². The minimum Gasteiger partial charge on any atom is -0.463 e. The van der Waals surface area contributed by atoms with E-state index in [0.29, 0.717) is 6.61 Å². The van der Waals surface area contributed by atoms with Gasteiger partial charge in [0.15, 0.2) is 0 Å². The number of hydrogen-bond acceptors (Lipinski definition) is 2. The van der Waals surface area contributed by atoms with E-state index in [2.05, 4.69) is 0 Å². The van der Waals surface area contributed by atoms with Crippen LogP contribution in [0.5, 0.6) is 0 Å². The number of hydrogen-bond donors (Lipinski definition) is 0. The van der Waals surface area contributed by atoms with E-state index in [1.54, 1.807) is 6.08 Å². The Bertz CT molecular complexity index is 178. The summed E-state index contributed by atoms with van der Waals surface area (Å²) in [4.78, 5) is 10.9. The standard InChI is InChI=1S/C12H24O2Si/c1-2-9-12(13)14-10-7-5-3-4-6-8-11-15/h2,9H,3-8,10-11H2,1,15H3. The average molecular weight is 228 g/mol. The number of unbranched alkanes of at least 4 members (excludes halogenated alkanes) is 5. The second-order valence-corrected chi connectivity index (χ2v) is 4.79. The van der Waals surface area contributed by atoms with Crippen LogP contribution in [-0.4, -0.2) is 22.8 Å². The molecule has 0 N–H and O–H groups in total. The Balaban J connectivity index is 3.08. The molecule has 0 aliphatic carbocycles. The van der Waals surface area contributed by atoms with Crippen LogP contribution in [0.1, 0.15) is 45.4 Å². The SMILES string of the molecule is CC=CC(=O)OCCCCCCCC[SiH3]. The highest BCUT2D eigenvalue weighted by Crippen LogP contribution is 2.06.